The van der Waals surface area contributed by atoms with E-state index in [9.17, 15) is 10.2 Å². The number of aliphatic hydroxyl groups is 3. The standard InChI is InChI=1S/C26H36N6O2.C12H26N2O.2C2H6.CH4O/c1-3-6-21(24(33)4-2)22(27)14-23(26(28)29)31-15-18-9-10-19(16-31)32(18)17-11-12-30-25(13-17)34-20-7-5-8-20;1-3-11(4-7-13-2)10-14-8-5-12(15)6-9-14;3*1-2/h3-4,6,11-14,18-20,33H,2,5,7-10,15-16,27-29H2,1H3;11-13,15H,3-10H2,1-2H3;2*1-2H3;2H,1H3/b6-3-,22-14-,24-21-;;;;. The molecule has 0 spiro atoms. The Bertz CT molecular complexity index is 1320. The van der Waals surface area contributed by atoms with Crippen LogP contribution < -0.4 is 32.2 Å². The van der Waals surface area contributed by atoms with E-state index in [1.807, 2.05) is 53.9 Å². The van der Waals surface area contributed by atoms with Crippen molar-refractivity contribution in [2.75, 3.05) is 58.3 Å². The van der Waals surface area contributed by atoms with Crippen LogP contribution in [0.25, 0.3) is 0 Å². The number of pyridine rings is 1. The number of likely N-dealkylation sites (tertiary alicyclic amines) is 2. The Morgan fingerprint density at radius 2 is 1.65 bits per heavy atom. The maximum absolute atomic E-state index is 10.2. The zero-order chi connectivity index (χ0) is 41.3. The number of piperazine rings is 1. The molecule has 4 fully saturated rings. The number of nitrogens with two attached hydrogens (primary N) is 3. The predicted octanol–water partition coefficient (Wildman–Crippen LogP) is 5.91. The SMILES string of the molecule is C=C/C(O)=C(\C=C/C)C(/N)=C/C(=C(N)N)N1CC2CCC(C1)N2c1ccnc(OC2CCC2)c1.CC.CC.CCC(CCNC)CN1CCC(O)CC1.CO. The summed E-state index contributed by atoms with van der Waals surface area (Å²) in [6.07, 6.45) is 18.8. The fraction of sp³-hybridized carbons (Fsp3) is 0.651. The third kappa shape index (κ3) is 15.7. The molecule has 2 bridgehead atoms. The second kappa shape index (κ2) is 27.8. The van der Waals surface area contributed by atoms with Crippen LogP contribution >= 0.6 is 0 Å². The van der Waals surface area contributed by atoms with Crippen LogP contribution in [0.15, 0.2) is 77.8 Å². The van der Waals surface area contributed by atoms with Crippen LogP contribution in [0.4, 0.5) is 5.69 Å². The molecule has 0 radical (unpaired) electrons. The second-order valence-corrected chi connectivity index (χ2v) is 13.9. The van der Waals surface area contributed by atoms with E-state index >= 15 is 0 Å². The number of hydrogen-bond acceptors (Lipinski definition) is 12. The molecular weight excluding hydrogens is 693 g/mol. The minimum Gasteiger partial charge on any atom is -0.507 e. The first-order valence-corrected chi connectivity index (χ1v) is 20.7. The van der Waals surface area contributed by atoms with Gasteiger partial charge in [0.05, 0.1) is 11.8 Å². The summed E-state index contributed by atoms with van der Waals surface area (Å²) in [5, 5.41) is 29.8. The van der Waals surface area contributed by atoms with Crippen molar-refractivity contribution in [1.29, 1.82) is 0 Å². The van der Waals surface area contributed by atoms with E-state index in [1.54, 1.807) is 12.2 Å². The zero-order valence-corrected chi connectivity index (χ0v) is 35.5. The van der Waals surface area contributed by atoms with Gasteiger partial charge in [0.1, 0.15) is 17.7 Å². The van der Waals surface area contributed by atoms with Crippen molar-refractivity contribution in [3.63, 3.8) is 0 Å². The minimum absolute atomic E-state index is 0.00397. The number of fused-ring (bicyclic) bond motifs is 2. The monoisotopic (exact) mass is 771 g/mol. The fourth-order valence-electron chi connectivity index (χ4n) is 7.23. The average molecular weight is 771 g/mol. The Morgan fingerprint density at radius 3 is 2.15 bits per heavy atom. The van der Waals surface area contributed by atoms with Crippen LogP contribution in [0.3, 0.4) is 0 Å². The van der Waals surface area contributed by atoms with Gasteiger partial charge < -0.3 is 57.3 Å². The summed E-state index contributed by atoms with van der Waals surface area (Å²) in [5.41, 5.74) is 21.2. The molecule has 10 N–H and O–H groups in total. The van der Waals surface area contributed by atoms with Crippen LogP contribution in [-0.2, 0) is 0 Å². The van der Waals surface area contributed by atoms with Crippen molar-refractivity contribution in [2.45, 2.75) is 124 Å². The number of nitrogens with one attached hydrogen (secondary N) is 1. The number of allylic oxidation sites excluding steroid dienone is 4. The smallest absolute Gasteiger partial charge is 0.215 e. The summed E-state index contributed by atoms with van der Waals surface area (Å²) in [7, 11) is 3.02. The van der Waals surface area contributed by atoms with Crippen LogP contribution in [0, 0.1) is 5.92 Å². The van der Waals surface area contributed by atoms with Crippen molar-refractivity contribution < 1.29 is 20.1 Å². The van der Waals surface area contributed by atoms with Crippen molar-refractivity contribution in [1.82, 2.24) is 20.1 Å². The number of hydrogen-bond donors (Lipinski definition) is 7. The average Bonchev–Trinajstić information content (AvgIpc) is 3.47. The number of piperidine rings is 1. The highest BCUT2D eigenvalue weighted by molar-refractivity contribution is 5.53. The first kappa shape index (κ1) is 49.3. The van der Waals surface area contributed by atoms with Crippen molar-refractivity contribution >= 4 is 5.69 Å². The third-order valence-electron chi connectivity index (χ3n) is 10.3. The molecular formula is C43H78N8O4. The fourth-order valence-corrected chi connectivity index (χ4v) is 7.23. The van der Waals surface area contributed by atoms with E-state index in [1.165, 1.54) is 31.9 Å². The third-order valence-corrected chi connectivity index (χ3v) is 10.3. The number of aromatic nitrogens is 1. The largest absolute Gasteiger partial charge is 0.507 e. The van der Waals surface area contributed by atoms with Crippen molar-refractivity contribution in [3.05, 3.63) is 77.8 Å². The van der Waals surface area contributed by atoms with Gasteiger partial charge in [0.25, 0.3) is 0 Å². The van der Waals surface area contributed by atoms with Crippen LogP contribution in [0.1, 0.15) is 99.3 Å². The van der Waals surface area contributed by atoms with E-state index in [0.29, 0.717) is 41.0 Å². The highest BCUT2D eigenvalue weighted by Crippen LogP contribution is 2.38. The molecule has 0 amide bonds. The van der Waals surface area contributed by atoms with Gasteiger partial charge in [-0.25, -0.2) is 4.98 Å². The molecule has 1 aromatic rings. The first-order valence-electron chi connectivity index (χ1n) is 20.7. The van der Waals surface area contributed by atoms with E-state index < -0.39 is 0 Å². The van der Waals surface area contributed by atoms with Gasteiger partial charge >= 0.3 is 0 Å². The maximum atomic E-state index is 10.2. The molecule has 4 heterocycles. The van der Waals surface area contributed by atoms with Crippen LogP contribution in [0.5, 0.6) is 5.88 Å². The van der Waals surface area contributed by atoms with E-state index in [2.05, 4.69) is 50.6 Å². The van der Waals surface area contributed by atoms with Gasteiger partial charge in [0.15, 0.2) is 0 Å². The summed E-state index contributed by atoms with van der Waals surface area (Å²) >= 11 is 0. The molecule has 1 aromatic heterocycles. The number of ether oxygens (including phenoxy) is 1. The van der Waals surface area contributed by atoms with Gasteiger partial charge in [-0.1, -0.05) is 59.8 Å². The lowest BCUT2D eigenvalue weighted by molar-refractivity contribution is 0.0736. The summed E-state index contributed by atoms with van der Waals surface area (Å²) in [5.74, 6) is 1.72. The summed E-state index contributed by atoms with van der Waals surface area (Å²) in [4.78, 5) is 11.6. The van der Waals surface area contributed by atoms with E-state index in [-0.39, 0.29) is 17.7 Å². The van der Waals surface area contributed by atoms with Gasteiger partial charge in [-0.3, -0.25) is 0 Å². The molecule has 1 aliphatic carbocycles. The molecule has 12 heteroatoms. The molecule has 314 valence electrons. The van der Waals surface area contributed by atoms with Gasteiger partial charge in [-0.2, -0.15) is 0 Å². The van der Waals surface area contributed by atoms with Crippen LogP contribution in [-0.4, -0.2) is 108 Å². The number of rotatable bonds is 14. The molecule has 3 saturated heterocycles. The molecule has 0 aromatic carbocycles. The second-order valence-electron chi connectivity index (χ2n) is 13.9. The molecule has 4 aliphatic rings. The number of anilines is 1. The lowest BCUT2D eigenvalue weighted by Crippen LogP contribution is -2.54. The maximum Gasteiger partial charge on any atom is 0.215 e. The molecule has 3 aliphatic heterocycles. The minimum atomic E-state index is -0.0429. The Balaban J connectivity index is 0.000000603. The summed E-state index contributed by atoms with van der Waals surface area (Å²) in [6, 6.07) is 4.76. The van der Waals surface area contributed by atoms with Gasteiger partial charge in [0.2, 0.25) is 5.88 Å². The lowest BCUT2D eigenvalue weighted by atomic mass is 9.96. The Kier molecular flexibility index (Phi) is 24.9. The summed E-state index contributed by atoms with van der Waals surface area (Å²) in [6.45, 7) is 21.8. The van der Waals surface area contributed by atoms with Crippen molar-refractivity contribution in [2.24, 2.45) is 23.1 Å². The van der Waals surface area contributed by atoms with Crippen LogP contribution in [0.2, 0.25) is 0 Å². The summed E-state index contributed by atoms with van der Waals surface area (Å²) < 4.78 is 6.03. The Labute approximate surface area is 333 Å². The quantitative estimate of drug-likeness (QED) is 0.0879. The topological polar surface area (TPSA) is 183 Å². The highest BCUT2D eigenvalue weighted by Gasteiger charge is 2.41. The normalized spacial score (nSPS) is 20.8. The zero-order valence-electron chi connectivity index (χ0n) is 35.5. The molecule has 5 rings (SSSR count). The Hall–Kier alpha value is -3.71. The molecule has 1 saturated carbocycles. The highest BCUT2D eigenvalue weighted by atomic mass is 16.5. The van der Waals surface area contributed by atoms with Crippen molar-refractivity contribution in [3.8, 4) is 5.88 Å². The van der Waals surface area contributed by atoms with Gasteiger partial charge in [0, 0.05) is 81.1 Å². The first-order chi connectivity index (χ1) is 26.7. The van der Waals surface area contributed by atoms with Gasteiger partial charge in [-0.15, -0.1) is 0 Å². The lowest BCUT2D eigenvalue weighted by Gasteiger charge is -2.44. The van der Waals surface area contributed by atoms with E-state index in [4.69, 9.17) is 27.0 Å². The number of aliphatic hydroxyl groups excluding tert-OH is 3. The van der Waals surface area contributed by atoms with E-state index in [0.717, 1.165) is 90.0 Å². The molecule has 3 unspecified atom stereocenters. The molecule has 55 heavy (non-hydrogen) atoms. The molecule has 12 nitrogen and oxygen atoms in total. The predicted molar refractivity (Wildman–Crippen MR) is 231 cm³/mol. The molecule has 3 atom stereocenters. The number of nitrogens with zero attached hydrogens (tertiary/aromatic N) is 4. The Morgan fingerprint density at radius 1 is 1.04 bits per heavy atom. The van der Waals surface area contributed by atoms with Gasteiger partial charge in [-0.05, 0) is 96.0 Å².